The first-order valence-electron chi connectivity index (χ1n) is 3.32. The predicted molar refractivity (Wildman–Crippen MR) is 39.8 cm³/mol. The normalized spacial score (nSPS) is 27.3. The van der Waals surface area contributed by atoms with Crippen LogP contribution in [-0.2, 0) is 0 Å². The van der Waals surface area contributed by atoms with Crippen molar-refractivity contribution >= 4 is 0 Å². The van der Waals surface area contributed by atoms with Gasteiger partial charge in [-0.3, -0.25) is 4.48 Å². The number of hydrogen-bond acceptors (Lipinski definition) is 1. The Morgan fingerprint density at radius 2 is 2.27 bits per heavy atom. The molecule has 0 aromatic heterocycles. The van der Waals surface area contributed by atoms with Crippen LogP contribution in [0.3, 0.4) is 0 Å². The Hall–Kier alpha value is -0.780. The summed E-state index contributed by atoms with van der Waals surface area (Å²) in [5.74, 6) is 0. The van der Waals surface area contributed by atoms with Crippen LogP contribution in [0.15, 0.2) is 24.4 Å². The largest absolute Gasteiger partial charge is 1.00 e. The molecule has 0 aromatic rings. The van der Waals surface area contributed by atoms with Gasteiger partial charge in [-0.1, -0.05) is 6.08 Å². The van der Waals surface area contributed by atoms with Crippen molar-refractivity contribution in [2.24, 2.45) is 0 Å². The van der Waals surface area contributed by atoms with Crippen LogP contribution in [0.25, 0.3) is 0 Å². The maximum atomic E-state index is 8.46. The molecular formula is C8H11ClN2. The van der Waals surface area contributed by atoms with Gasteiger partial charge in [0.15, 0.2) is 6.54 Å². The lowest BCUT2D eigenvalue weighted by molar-refractivity contribution is -0.846. The van der Waals surface area contributed by atoms with Crippen LogP contribution in [0.1, 0.15) is 0 Å². The minimum absolute atomic E-state index is 0. The average Bonchev–Trinajstić information content (AvgIpc) is 1.89. The Bertz CT molecular complexity index is 215. The number of hydrogen-bond donors (Lipinski definition) is 0. The first-order chi connectivity index (χ1) is 4.77. The molecule has 0 amide bonds. The van der Waals surface area contributed by atoms with Crippen molar-refractivity contribution in [1.29, 1.82) is 5.26 Å². The minimum atomic E-state index is 0. The quantitative estimate of drug-likeness (QED) is 0.332. The summed E-state index contributed by atoms with van der Waals surface area (Å²) in [6, 6.07) is 2.16. The Balaban J connectivity index is 0.000001000. The van der Waals surface area contributed by atoms with E-state index in [1.54, 1.807) is 0 Å². The predicted octanol–water partition coefficient (Wildman–Crippen LogP) is -1.96. The first kappa shape index (κ1) is 10.2. The van der Waals surface area contributed by atoms with E-state index in [-0.39, 0.29) is 12.4 Å². The lowest BCUT2D eigenvalue weighted by atomic mass is 10.3. The zero-order valence-corrected chi connectivity index (χ0v) is 7.25. The standard InChI is InChI=1S/C8H11N2.ClH/c1-10(8-5-9)6-3-2-4-7-10;/h2-4,6H,7-8H2,1H3;1H/q+1;/p-1. The summed E-state index contributed by atoms with van der Waals surface area (Å²) in [6.45, 7) is 1.49. The van der Waals surface area contributed by atoms with Crippen molar-refractivity contribution in [3.05, 3.63) is 24.4 Å². The Morgan fingerprint density at radius 3 is 2.73 bits per heavy atom. The molecule has 0 aromatic carbocycles. The molecule has 0 saturated heterocycles. The number of quaternary nitrogens is 1. The van der Waals surface area contributed by atoms with E-state index in [1.807, 2.05) is 25.4 Å². The second-order valence-electron chi connectivity index (χ2n) is 2.75. The molecule has 0 radical (unpaired) electrons. The van der Waals surface area contributed by atoms with Crippen LogP contribution < -0.4 is 12.4 Å². The monoisotopic (exact) mass is 170 g/mol. The highest BCUT2D eigenvalue weighted by atomic mass is 35.5. The molecule has 0 aliphatic carbocycles. The highest BCUT2D eigenvalue weighted by Crippen LogP contribution is 2.07. The number of halogens is 1. The Kier molecular flexibility index (Phi) is 3.88. The van der Waals surface area contributed by atoms with Gasteiger partial charge in [-0.05, 0) is 12.2 Å². The summed E-state index contributed by atoms with van der Waals surface area (Å²) in [4.78, 5) is 0. The summed E-state index contributed by atoms with van der Waals surface area (Å²) < 4.78 is 0.715. The van der Waals surface area contributed by atoms with E-state index >= 15 is 0 Å². The fourth-order valence-corrected chi connectivity index (χ4v) is 0.977. The number of likely N-dealkylation sites (N-methyl/N-ethyl adjacent to an activating group) is 1. The van der Waals surface area contributed by atoms with Gasteiger partial charge in [0, 0.05) is 0 Å². The Labute approximate surface area is 73.4 Å². The van der Waals surface area contributed by atoms with Crippen molar-refractivity contribution in [3.8, 4) is 6.07 Å². The van der Waals surface area contributed by atoms with E-state index in [0.717, 1.165) is 6.54 Å². The molecule has 2 nitrogen and oxygen atoms in total. The van der Waals surface area contributed by atoms with Crippen LogP contribution in [0.4, 0.5) is 0 Å². The third kappa shape index (κ3) is 2.75. The summed E-state index contributed by atoms with van der Waals surface area (Å²) in [7, 11) is 2.04. The molecule has 0 fully saturated rings. The van der Waals surface area contributed by atoms with Crippen LogP contribution >= 0.6 is 0 Å². The molecule has 0 saturated carbocycles. The highest BCUT2D eigenvalue weighted by molar-refractivity contribution is 5.04. The number of nitrogens with zero attached hydrogens (tertiary/aromatic N) is 2. The van der Waals surface area contributed by atoms with E-state index < -0.39 is 0 Å². The van der Waals surface area contributed by atoms with Gasteiger partial charge in [-0.2, -0.15) is 5.26 Å². The van der Waals surface area contributed by atoms with Gasteiger partial charge < -0.3 is 12.4 Å². The van der Waals surface area contributed by atoms with Gasteiger partial charge in [0.25, 0.3) is 0 Å². The fraction of sp³-hybridized carbons (Fsp3) is 0.375. The molecular weight excluding hydrogens is 160 g/mol. The minimum Gasteiger partial charge on any atom is -1.00 e. The van der Waals surface area contributed by atoms with Gasteiger partial charge in [0.1, 0.15) is 12.6 Å². The van der Waals surface area contributed by atoms with Gasteiger partial charge in [0.2, 0.25) is 0 Å². The fourth-order valence-electron chi connectivity index (χ4n) is 0.977. The number of rotatable bonds is 1. The third-order valence-electron chi connectivity index (χ3n) is 1.65. The topological polar surface area (TPSA) is 23.8 Å². The van der Waals surface area contributed by atoms with Crippen molar-refractivity contribution in [2.45, 2.75) is 0 Å². The SMILES string of the molecule is C[N+]1(CC#N)C=CC=CC1.[Cl-]. The van der Waals surface area contributed by atoms with Crippen molar-refractivity contribution in [3.63, 3.8) is 0 Å². The van der Waals surface area contributed by atoms with E-state index in [9.17, 15) is 0 Å². The lowest BCUT2D eigenvalue weighted by Gasteiger charge is -2.27. The van der Waals surface area contributed by atoms with Gasteiger partial charge in [-0.15, -0.1) is 0 Å². The molecule has 1 aliphatic heterocycles. The summed E-state index contributed by atoms with van der Waals surface area (Å²) in [5.41, 5.74) is 0. The van der Waals surface area contributed by atoms with Crippen molar-refractivity contribution in [1.82, 2.24) is 0 Å². The average molecular weight is 171 g/mol. The summed E-state index contributed by atoms with van der Waals surface area (Å²) in [5, 5.41) is 8.46. The molecule has 0 bridgehead atoms. The molecule has 11 heavy (non-hydrogen) atoms. The second kappa shape index (κ2) is 4.17. The molecule has 0 N–H and O–H groups in total. The zero-order valence-electron chi connectivity index (χ0n) is 6.50. The first-order valence-corrected chi connectivity index (χ1v) is 3.32. The Morgan fingerprint density at radius 1 is 1.55 bits per heavy atom. The molecule has 3 heteroatoms. The molecule has 1 unspecified atom stereocenters. The van der Waals surface area contributed by atoms with E-state index in [0.29, 0.717) is 11.0 Å². The number of nitriles is 1. The smallest absolute Gasteiger partial charge is 0.170 e. The molecule has 1 atom stereocenters. The molecule has 1 heterocycles. The van der Waals surface area contributed by atoms with Crippen LogP contribution in [0.2, 0.25) is 0 Å². The maximum Gasteiger partial charge on any atom is 0.170 e. The lowest BCUT2D eigenvalue weighted by Crippen LogP contribution is -3.00. The van der Waals surface area contributed by atoms with Gasteiger partial charge >= 0.3 is 0 Å². The summed E-state index contributed by atoms with van der Waals surface area (Å²) >= 11 is 0. The second-order valence-corrected chi connectivity index (χ2v) is 2.75. The van der Waals surface area contributed by atoms with Crippen molar-refractivity contribution in [2.75, 3.05) is 20.1 Å². The molecule has 0 spiro atoms. The molecule has 60 valence electrons. The van der Waals surface area contributed by atoms with E-state index in [4.69, 9.17) is 5.26 Å². The van der Waals surface area contributed by atoms with Crippen LogP contribution in [0, 0.1) is 11.3 Å². The van der Waals surface area contributed by atoms with E-state index in [1.165, 1.54) is 0 Å². The summed E-state index contributed by atoms with van der Waals surface area (Å²) in [6.07, 6.45) is 8.12. The van der Waals surface area contributed by atoms with Gasteiger partial charge in [0.05, 0.1) is 13.2 Å². The third-order valence-corrected chi connectivity index (χ3v) is 1.65. The van der Waals surface area contributed by atoms with Crippen molar-refractivity contribution < 1.29 is 16.9 Å². The number of allylic oxidation sites excluding steroid dienone is 2. The molecule has 1 rings (SSSR count). The van der Waals surface area contributed by atoms with Gasteiger partial charge in [-0.25, -0.2) is 0 Å². The van der Waals surface area contributed by atoms with Crippen LogP contribution in [0.5, 0.6) is 0 Å². The van der Waals surface area contributed by atoms with E-state index in [2.05, 4.69) is 12.1 Å². The maximum absolute atomic E-state index is 8.46. The van der Waals surface area contributed by atoms with Crippen LogP contribution in [-0.4, -0.2) is 24.6 Å². The molecule has 1 aliphatic rings. The highest BCUT2D eigenvalue weighted by Gasteiger charge is 2.16. The zero-order chi connectivity index (χ0) is 7.45.